The number of hydrogen-bond donors (Lipinski definition) is 1. The van der Waals surface area contributed by atoms with E-state index in [0.717, 1.165) is 5.01 Å². The topological polar surface area (TPSA) is 46.3 Å². The van der Waals surface area contributed by atoms with E-state index >= 15 is 0 Å². The van der Waals surface area contributed by atoms with E-state index in [-0.39, 0.29) is 5.91 Å². The molecule has 64 valence electrons. The van der Waals surface area contributed by atoms with E-state index in [1.807, 2.05) is 0 Å². The Morgan fingerprint density at radius 1 is 1.50 bits per heavy atom. The lowest BCUT2D eigenvalue weighted by Crippen LogP contribution is -2.33. The predicted molar refractivity (Wildman–Crippen MR) is 47.7 cm³/mol. The highest BCUT2D eigenvalue weighted by atomic mass is 35.5. The van der Waals surface area contributed by atoms with Crippen LogP contribution < -0.4 is 5.84 Å². The van der Waals surface area contributed by atoms with Crippen molar-refractivity contribution in [2.45, 2.75) is 0 Å². The van der Waals surface area contributed by atoms with Crippen LogP contribution >= 0.6 is 11.6 Å². The van der Waals surface area contributed by atoms with Crippen LogP contribution in [-0.2, 0) is 0 Å². The van der Waals surface area contributed by atoms with E-state index in [2.05, 4.69) is 0 Å². The molecule has 0 bridgehead atoms. The molecule has 0 radical (unpaired) electrons. The number of carbonyl (C=O) groups is 1. The molecule has 1 amide bonds. The number of carbonyl (C=O) groups excluding carboxylic acids is 1. The summed E-state index contributed by atoms with van der Waals surface area (Å²) in [4.78, 5) is 11.3. The third-order valence-corrected chi connectivity index (χ3v) is 1.75. The van der Waals surface area contributed by atoms with Gasteiger partial charge in [0.05, 0.1) is 10.6 Å². The lowest BCUT2D eigenvalue weighted by Gasteiger charge is -2.10. The third kappa shape index (κ3) is 1.75. The van der Waals surface area contributed by atoms with Crippen molar-refractivity contribution in [2.24, 2.45) is 5.84 Å². The Morgan fingerprint density at radius 2 is 2.08 bits per heavy atom. The van der Waals surface area contributed by atoms with E-state index in [4.69, 9.17) is 17.4 Å². The van der Waals surface area contributed by atoms with Crippen molar-refractivity contribution in [1.29, 1.82) is 0 Å². The second-order valence-corrected chi connectivity index (χ2v) is 2.80. The average Bonchev–Trinajstić information content (AvgIpc) is 2.04. The molecule has 2 N–H and O–H groups in total. The van der Waals surface area contributed by atoms with Crippen molar-refractivity contribution in [1.82, 2.24) is 5.01 Å². The van der Waals surface area contributed by atoms with Gasteiger partial charge in [0.25, 0.3) is 5.91 Å². The summed E-state index contributed by atoms with van der Waals surface area (Å²) in [6, 6.07) is 6.78. The average molecular weight is 185 g/mol. The van der Waals surface area contributed by atoms with E-state index < -0.39 is 0 Å². The maximum absolute atomic E-state index is 11.3. The van der Waals surface area contributed by atoms with Crippen LogP contribution in [0.2, 0.25) is 5.02 Å². The molecule has 1 aromatic rings. The van der Waals surface area contributed by atoms with Gasteiger partial charge < -0.3 is 0 Å². The molecule has 0 unspecified atom stereocenters. The maximum Gasteiger partial charge on any atom is 0.269 e. The molecule has 0 spiro atoms. The zero-order valence-corrected chi connectivity index (χ0v) is 7.38. The second-order valence-electron chi connectivity index (χ2n) is 2.40. The quantitative estimate of drug-likeness (QED) is 0.406. The molecule has 4 heteroatoms. The number of nitrogens with two attached hydrogens (primary N) is 1. The molecule has 0 atom stereocenters. The van der Waals surface area contributed by atoms with Gasteiger partial charge in [-0.05, 0) is 12.1 Å². The van der Waals surface area contributed by atoms with Gasteiger partial charge in [-0.15, -0.1) is 0 Å². The van der Waals surface area contributed by atoms with Crippen molar-refractivity contribution in [2.75, 3.05) is 7.05 Å². The first-order valence-corrected chi connectivity index (χ1v) is 3.78. The fourth-order valence-electron chi connectivity index (χ4n) is 0.825. The summed E-state index contributed by atoms with van der Waals surface area (Å²) in [6.07, 6.45) is 0. The Kier molecular flexibility index (Phi) is 2.68. The largest absolute Gasteiger partial charge is 0.280 e. The van der Waals surface area contributed by atoms with Crippen molar-refractivity contribution in [3.05, 3.63) is 34.9 Å². The van der Waals surface area contributed by atoms with E-state index in [1.54, 1.807) is 24.3 Å². The minimum absolute atomic E-state index is 0.291. The summed E-state index contributed by atoms with van der Waals surface area (Å²) < 4.78 is 0. The molecular weight excluding hydrogens is 176 g/mol. The lowest BCUT2D eigenvalue weighted by atomic mass is 10.2. The first-order valence-electron chi connectivity index (χ1n) is 3.40. The molecule has 0 heterocycles. The van der Waals surface area contributed by atoms with Crippen LogP contribution in [-0.4, -0.2) is 18.0 Å². The van der Waals surface area contributed by atoms with E-state index in [9.17, 15) is 4.79 Å². The van der Waals surface area contributed by atoms with E-state index in [1.165, 1.54) is 7.05 Å². The monoisotopic (exact) mass is 184 g/mol. The molecule has 0 aromatic heterocycles. The van der Waals surface area contributed by atoms with Crippen molar-refractivity contribution >= 4 is 17.5 Å². The molecule has 0 aliphatic carbocycles. The maximum atomic E-state index is 11.3. The standard InChI is InChI=1S/C8H9ClN2O/c1-11(10)8(12)6-4-2-3-5-7(6)9/h2-5H,10H2,1H3. The third-order valence-electron chi connectivity index (χ3n) is 1.42. The number of amides is 1. The molecule has 1 rings (SSSR count). The summed E-state index contributed by atoms with van der Waals surface area (Å²) in [6.45, 7) is 0. The smallest absolute Gasteiger partial charge is 0.269 e. The Labute approximate surface area is 75.7 Å². The lowest BCUT2D eigenvalue weighted by molar-refractivity contribution is 0.0795. The van der Waals surface area contributed by atoms with Crippen LogP contribution in [0.3, 0.4) is 0 Å². The van der Waals surface area contributed by atoms with Crippen LogP contribution in [0.1, 0.15) is 10.4 Å². The summed E-state index contributed by atoms with van der Waals surface area (Å²) in [7, 11) is 1.48. The number of benzene rings is 1. The van der Waals surface area contributed by atoms with Gasteiger partial charge in [0.1, 0.15) is 0 Å². The van der Waals surface area contributed by atoms with Gasteiger partial charge in [-0.2, -0.15) is 0 Å². The van der Waals surface area contributed by atoms with Crippen molar-refractivity contribution in [3.8, 4) is 0 Å². The summed E-state index contributed by atoms with van der Waals surface area (Å²) >= 11 is 5.76. The minimum Gasteiger partial charge on any atom is -0.280 e. The van der Waals surface area contributed by atoms with Crippen LogP contribution in [0.4, 0.5) is 0 Å². The molecular formula is C8H9ClN2O. The summed E-state index contributed by atoms with van der Waals surface area (Å²) in [5.74, 6) is 4.97. The number of hydrogen-bond acceptors (Lipinski definition) is 2. The number of nitrogens with zero attached hydrogens (tertiary/aromatic N) is 1. The van der Waals surface area contributed by atoms with Gasteiger partial charge in [0.15, 0.2) is 0 Å². The number of rotatable bonds is 1. The van der Waals surface area contributed by atoms with Gasteiger partial charge in [-0.3, -0.25) is 9.80 Å². The van der Waals surface area contributed by atoms with Gasteiger partial charge in [-0.1, -0.05) is 23.7 Å². The highest BCUT2D eigenvalue weighted by Gasteiger charge is 2.10. The highest BCUT2D eigenvalue weighted by Crippen LogP contribution is 2.15. The van der Waals surface area contributed by atoms with Gasteiger partial charge in [0.2, 0.25) is 0 Å². The molecule has 0 saturated heterocycles. The highest BCUT2D eigenvalue weighted by molar-refractivity contribution is 6.33. The zero-order valence-electron chi connectivity index (χ0n) is 6.62. The molecule has 12 heavy (non-hydrogen) atoms. The first kappa shape index (κ1) is 9.03. The van der Waals surface area contributed by atoms with Crippen molar-refractivity contribution < 1.29 is 4.79 Å². The minimum atomic E-state index is -0.291. The predicted octanol–water partition coefficient (Wildman–Crippen LogP) is 1.29. The Bertz CT molecular complexity index is 299. The number of halogens is 1. The Balaban J connectivity index is 3.03. The van der Waals surface area contributed by atoms with Crippen LogP contribution in [0.25, 0.3) is 0 Å². The fraction of sp³-hybridized carbons (Fsp3) is 0.125. The molecule has 0 fully saturated rings. The SMILES string of the molecule is CN(N)C(=O)c1ccccc1Cl. The van der Waals surface area contributed by atoms with Crippen LogP contribution in [0.5, 0.6) is 0 Å². The molecule has 0 aliphatic heterocycles. The fourth-order valence-corrected chi connectivity index (χ4v) is 1.04. The normalized spacial score (nSPS) is 9.58. The molecule has 1 aromatic carbocycles. The Hall–Kier alpha value is -1.06. The second kappa shape index (κ2) is 3.56. The van der Waals surface area contributed by atoms with Crippen molar-refractivity contribution in [3.63, 3.8) is 0 Å². The van der Waals surface area contributed by atoms with Gasteiger partial charge >= 0.3 is 0 Å². The molecule has 0 aliphatic rings. The van der Waals surface area contributed by atoms with Crippen LogP contribution in [0, 0.1) is 0 Å². The summed E-state index contributed by atoms with van der Waals surface area (Å²) in [5, 5.41) is 1.42. The molecule has 0 saturated carbocycles. The number of hydrazine groups is 1. The Morgan fingerprint density at radius 3 is 2.58 bits per heavy atom. The first-order chi connectivity index (χ1) is 5.63. The zero-order chi connectivity index (χ0) is 9.14. The van der Waals surface area contributed by atoms with E-state index in [0.29, 0.717) is 10.6 Å². The van der Waals surface area contributed by atoms with Gasteiger partial charge in [0, 0.05) is 7.05 Å². The van der Waals surface area contributed by atoms with Gasteiger partial charge in [-0.25, -0.2) is 5.84 Å². The summed E-state index contributed by atoms with van der Waals surface area (Å²) in [5.41, 5.74) is 0.421. The molecule has 3 nitrogen and oxygen atoms in total. The van der Waals surface area contributed by atoms with Crippen LogP contribution in [0.15, 0.2) is 24.3 Å².